The Morgan fingerprint density at radius 3 is 3.15 bits per heavy atom. The van der Waals surface area contributed by atoms with E-state index in [1.165, 1.54) is 0 Å². The minimum Gasteiger partial charge on any atom is -0.462 e. The van der Waals surface area contributed by atoms with Crippen LogP contribution in [0, 0.1) is 0 Å². The molecule has 0 radical (unpaired) electrons. The lowest BCUT2D eigenvalue weighted by molar-refractivity contribution is -0.137. The molecular formula is C10H12O3. The normalized spacial score (nSPS) is 20.5. The van der Waals surface area contributed by atoms with Gasteiger partial charge in [0.15, 0.2) is 0 Å². The van der Waals surface area contributed by atoms with Crippen LogP contribution in [0.4, 0.5) is 0 Å². The summed E-state index contributed by atoms with van der Waals surface area (Å²) in [5.41, 5.74) is 1.09. The molecule has 1 unspecified atom stereocenters. The number of methoxy groups -OCH3 is 1. The van der Waals surface area contributed by atoms with Gasteiger partial charge in [-0.15, -0.1) is 0 Å². The van der Waals surface area contributed by atoms with Crippen LogP contribution in [-0.2, 0) is 16.1 Å². The predicted molar refractivity (Wildman–Crippen MR) is 47.5 cm³/mol. The average molecular weight is 180 g/mol. The third kappa shape index (κ3) is 1.82. The molecule has 0 fully saturated rings. The van der Waals surface area contributed by atoms with Crippen LogP contribution >= 0.6 is 0 Å². The molecule has 1 heterocycles. The van der Waals surface area contributed by atoms with Gasteiger partial charge in [0.1, 0.15) is 12.4 Å². The molecule has 1 aromatic rings. The Hall–Kier alpha value is -1.06. The maximum atomic E-state index is 5.53. The molecule has 70 valence electrons. The van der Waals surface area contributed by atoms with E-state index in [1.54, 1.807) is 7.11 Å². The van der Waals surface area contributed by atoms with Gasteiger partial charge in [0.05, 0.1) is 6.61 Å². The fourth-order valence-electron chi connectivity index (χ4n) is 1.31. The molecule has 1 aliphatic heterocycles. The molecule has 3 heteroatoms. The summed E-state index contributed by atoms with van der Waals surface area (Å²) in [5.74, 6) is 0.899. The first-order chi connectivity index (χ1) is 6.40. The fraction of sp³-hybridized carbons (Fsp3) is 0.400. The Kier molecular flexibility index (Phi) is 2.47. The molecule has 0 bridgehead atoms. The summed E-state index contributed by atoms with van der Waals surface area (Å²) >= 11 is 0. The molecular weight excluding hydrogens is 168 g/mol. The minimum atomic E-state index is -0.264. The zero-order valence-corrected chi connectivity index (χ0v) is 7.53. The molecule has 1 atom stereocenters. The summed E-state index contributed by atoms with van der Waals surface area (Å²) in [4.78, 5) is 0. The molecule has 2 rings (SSSR count). The highest BCUT2D eigenvalue weighted by Crippen LogP contribution is 2.25. The maximum Gasteiger partial charge on any atom is 0.223 e. The molecule has 13 heavy (non-hydrogen) atoms. The summed E-state index contributed by atoms with van der Waals surface area (Å²) < 4.78 is 15.9. The van der Waals surface area contributed by atoms with Crippen molar-refractivity contribution in [1.82, 2.24) is 0 Å². The number of hydrogen-bond acceptors (Lipinski definition) is 3. The van der Waals surface area contributed by atoms with Crippen LogP contribution in [0.3, 0.4) is 0 Å². The third-order valence-corrected chi connectivity index (χ3v) is 1.96. The van der Waals surface area contributed by atoms with Gasteiger partial charge in [-0.2, -0.15) is 0 Å². The van der Waals surface area contributed by atoms with Gasteiger partial charge in [-0.25, -0.2) is 0 Å². The molecule has 3 nitrogen and oxygen atoms in total. The van der Waals surface area contributed by atoms with Gasteiger partial charge in [0.2, 0.25) is 6.29 Å². The number of para-hydroxylation sites is 1. The number of rotatable bonds is 2. The topological polar surface area (TPSA) is 27.7 Å². The van der Waals surface area contributed by atoms with Crippen molar-refractivity contribution in [2.45, 2.75) is 12.9 Å². The second kappa shape index (κ2) is 3.77. The molecule has 1 aromatic carbocycles. The van der Waals surface area contributed by atoms with Crippen LogP contribution in [-0.4, -0.2) is 20.0 Å². The number of hydrogen-bond donors (Lipinski definition) is 0. The van der Waals surface area contributed by atoms with E-state index in [4.69, 9.17) is 14.2 Å². The van der Waals surface area contributed by atoms with Crippen molar-refractivity contribution in [1.29, 1.82) is 0 Å². The molecule has 0 saturated carbocycles. The van der Waals surface area contributed by atoms with Gasteiger partial charge in [0.25, 0.3) is 0 Å². The van der Waals surface area contributed by atoms with Gasteiger partial charge in [-0.3, -0.25) is 0 Å². The molecule has 0 amide bonds. The lowest BCUT2D eigenvalue weighted by Crippen LogP contribution is -2.29. The number of fused-ring (bicyclic) bond motifs is 1. The van der Waals surface area contributed by atoms with Crippen LogP contribution in [0.15, 0.2) is 24.3 Å². The molecule has 0 spiro atoms. The van der Waals surface area contributed by atoms with Gasteiger partial charge in [0, 0.05) is 12.7 Å². The largest absolute Gasteiger partial charge is 0.462 e. The first-order valence-electron chi connectivity index (χ1n) is 4.25. The van der Waals surface area contributed by atoms with Crippen LogP contribution < -0.4 is 4.74 Å². The van der Waals surface area contributed by atoms with Gasteiger partial charge >= 0.3 is 0 Å². The summed E-state index contributed by atoms with van der Waals surface area (Å²) in [6.45, 7) is 1.07. The van der Waals surface area contributed by atoms with E-state index < -0.39 is 0 Å². The van der Waals surface area contributed by atoms with Gasteiger partial charge in [-0.1, -0.05) is 18.2 Å². The van der Waals surface area contributed by atoms with Gasteiger partial charge in [-0.05, 0) is 6.07 Å². The summed E-state index contributed by atoms with van der Waals surface area (Å²) in [5, 5.41) is 0. The molecule has 1 aliphatic rings. The number of benzene rings is 1. The lowest BCUT2D eigenvalue weighted by atomic mass is 10.2. The summed E-state index contributed by atoms with van der Waals surface area (Å²) in [6.07, 6.45) is -0.264. The monoisotopic (exact) mass is 180 g/mol. The Labute approximate surface area is 77.2 Å². The zero-order valence-electron chi connectivity index (χ0n) is 7.53. The summed E-state index contributed by atoms with van der Waals surface area (Å²) in [6, 6.07) is 7.87. The Balaban J connectivity index is 2.11. The second-order valence-electron chi connectivity index (χ2n) is 2.92. The first kappa shape index (κ1) is 8.53. The molecule has 0 aromatic heterocycles. The van der Waals surface area contributed by atoms with Crippen molar-refractivity contribution >= 4 is 0 Å². The highest BCUT2D eigenvalue weighted by Gasteiger charge is 2.18. The average Bonchev–Trinajstić information content (AvgIpc) is 2.18. The van der Waals surface area contributed by atoms with Crippen molar-refractivity contribution in [3.63, 3.8) is 0 Å². The highest BCUT2D eigenvalue weighted by molar-refractivity contribution is 5.33. The van der Waals surface area contributed by atoms with Crippen molar-refractivity contribution in [3.05, 3.63) is 29.8 Å². The van der Waals surface area contributed by atoms with E-state index >= 15 is 0 Å². The lowest BCUT2D eigenvalue weighted by Gasteiger charge is -2.25. The molecule has 0 aliphatic carbocycles. The standard InChI is InChI=1S/C10H12O3/c1-11-7-10-12-6-8-4-2-3-5-9(8)13-10/h2-5,10H,6-7H2,1H3. The van der Waals surface area contributed by atoms with Crippen molar-refractivity contribution in [2.75, 3.05) is 13.7 Å². The second-order valence-corrected chi connectivity index (χ2v) is 2.92. The van der Waals surface area contributed by atoms with Crippen LogP contribution in [0.25, 0.3) is 0 Å². The SMILES string of the molecule is COCC1OCc2ccccc2O1. The molecule has 0 N–H and O–H groups in total. The van der Waals surface area contributed by atoms with Gasteiger partial charge < -0.3 is 14.2 Å². The van der Waals surface area contributed by atoms with E-state index in [2.05, 4.69) is 0 Å². The number of ether oxygens (including phenoxy) is 3. The van der Waals surface area contributed by atoms with E-state index in [9.17, 15) is 0 Å². The third-order valence-electron chi connectivity index (χ3n) is 1.96. The fourth-order valence-corrected chi connectivity index (χ4v) is 1.31. The smallest absolute Gasteiger partial charge is 0.223 e. The summed E-state index contributed by atoms with van der Waals surface area (Å²) in [7, 11) is 1.63. The van der Waals surface area contributed by atoms with Crippen LogP contribution in [0.5, 0.6) is 5.75 Å². The zero-order chi connectivity index (χ0) is 9.10. The Morgan fingerprint density at radius 2 is 2.31 bits per heavy atom. The van der Waals surface area contributed by atoms with Crippen LogP contribution in [0.2, 0.25) is 0 Å². The van der Waals surface area contributed by atoms with Crippen molar-refractivity contribution < 1.29 is 14.2 Å². The van der Waals surface area contributed by atoms with E-state index in [0.717, 1.165) is 11.3 Å². The van der Waals surface area contributed by atoms with E-state index in [0.29, 0.717) is 13.2 Å². The van der Waals surface area contributed by atoms with E-state index in [1.807, 2.05) is 24.3 Å². The minimum absolute atomic E-state index is 0.264. The Bertz CT molecular complexity index is 285. The predicted octanol–water partition coefficient (Wildman–Crippen LogP) is 1.57. The first-order valence-corrected chi connectivity index (χ1v) is 4.25. The van der Waals surface area contributed by atoms with E-state index in [-0.39, 0.29) is 6.29 Å². The molecule has 0 saturated heterocycles. The Morgan fingerprint density at radius 1 is 1.46 bits per heavy atom. The van der Waals surface area contributed by atoms with Crippen molar-refractivity contribution in [2.24, 2.45) is 0 Å². The highest BCUT2D eigenvalue weighted by atomic mass is 16.7. The van der Waals surface area contributed by atoms with Crippen molar-refractivity contribution in [3.8, 4) is 5.75 Å². The van der Waals surface area contributed by atoms with Crippen LogP contribution in [0.1, 0.15) is 5.56 Å². The maximum absolute atomic E-state index is 5.53. The quantitative estimate of drug-likeness (QED) is 0.691.